The molecule has 0 amide bonds. The van der Waals surface area contributed by atoms with Crippen molar-refractivity contribution in [3.05, 3.63) is 52.7 Å². The second-order valence-electron chi connectivity index (χ2n) is 5.97. The summed E-state index contributed by atoms with van der Waals surface area (Å²) in [4.78, 5) is 7.51. The highest BCUT2D eigenvalue weighted by Gasteiger charge is 2.13. The largest absolute Gasteiger partial charge is 0.345 e. The fraction of sp³-hybridized carbons (Fsp3) is 0.312. The van der Waals surface area contributed by atoms with Gasteiger partial charge in [0.25, 0.3) is 0 Å². The number of rotatable bonds is 2. The Labute approximate surface area is 117 Å². The van der Waals surface area contributed by atoms with Crippen LogP contribution in [0, 0.1) is 0 Å². The molecule has 0 bridgehead atoms. The van der Waals surface area contributed by atoms with Crippen molar-refractivity contribution in [2.75, 3.05) is 0 Å². The molecular weight excluding hydrogens is 252 g/mol. The van der Waals surface area contributed by atoms with Gasteiger partial charge in [-0.15, -0.1) is 11.3 Å². The molecule has 0 aliphatic heterocycles. The minimum absolute atomic E-state index is 0.220. The molecule has 0 fully saturated rings. The third-order valence-corrected chi connectivity index (χ3v) is 4.36. The molecular formula is C16H18N2S. The monoisotopic (exact) mass is 270 g/mol. The Morgan fingerprint density at radius 1 is 1.16 bits per heavy atom. The highest BCUT2D eigenvalue weighted by molar-refractivity contribution is 7.16. The second-order valence-corrected chi connectivity index (χ2v) is 6.82. The SMILES string of the molecule is CC(C)(C)c1ccc(Cc2c[nH]c3ncsc23)cc1. The van der Waals surface area contributed by atoms with Crippen molar-refractivity contribution in [1.82, 2.24) is 9.97 Å². The van der Waals surface area contributed by atoms with Gasteiger partial charge in [0.15, 0.2) is 0 Å². The number of nitrogens with one attached hydrogen (secondary N) is 1. The molecule has 2 heterocycles. The van der Waals surface area contributed by atoms with Gasteiger partial charge in [0, 0.05) is 12.6 Å². The molecule has 2 aromatic heterocycles. The van der Waals surface area contributed by atoms with E-state index < -0.39 is 0 Å². The zero-order valence-corrected chi connectivity index (χ0v) is 12.3. The maximum atomic E-state index is 4.29. The van der Waals surface area contributed by atoms with E-state index >= 15 is 0 Å². The molecule has 3 rings (SSSR count). The minimum atomic E-state index is 0.220. The van der Waals surface area contributed by atoms with Gasteiger partial charge in [0.1, 0.15) is 5.65 Å². The van der Waals surface area contributed by atoms with Gasteiger partial charge in [-0.3, -0.25) is 0 Å². The standard InChI is InChI=1S/C16H18N2S/c1-16(2,3)13-6-4-11(5-7-13)8-12-9-17-15-14(12)19-10-18-15/h4-7,9-10,17H,8H2,1-3H3. The van der Waals surface area contributed by atoms with Crippen molar-refractivity contribution >= 4 is 21.7 Å². The van der Waals surface area contributed by atoms with Gasteiger partial charge in [-0.05, 0) is 22.1 Å². The molecule has 0 aliphatic rings. The molecule has 0 spiro atoms. The first kappa shape index (κ1) is 12.4. The molecule has 1 N–H and O–H groups in total. The lowest BCUT2D eigenvalue weighted by Gasteiger charge is -2.19. The Bertz CT molecular complexity index is 683. The zero-order valence-electron chi connectivity index (χ0n) is 11.5. The minimum Gasteiger partial charge on any atom is -0.345 e. The van der Waals surface area contributed by atoms with Crippen molar-refractivity contribution in [3.63, 3.8) is 0 Å². The molecule has 3 heteroatoms. The van der Waals surface area contributed by atoms with E-state index in [0.29, 0.717) is 0 Å². The molecule has 0 saturated heterocycles. The molecule has 2 nitrogen and oxygen atoms in total. The summed E-state index contributed by atoms with van der Waals surface area (Å²) in [5.74, 6) is 0. The lowest BCUT2D eigenvalue weighted by atomic mass is 9.86. The Hall–Kier alpha value is -1.61. The van der Waals surface area contributed by atoms with Crippen LogP contribution in [0.4, 0.5) is 0 Å². The van der Waals surface area contributed by atoms with Crippen molar-refractivity contribution < 1.29 is 0 Å². The number of H-pyrrole nitrogens is 1. The van der Waals surface area contributed by atoms with Gasteiger partial charge in [0.05, 0.1) is 10.2 Å². The van der Waals surface area contributed by atoms with Gasteiger partial charge >= 0.3 is 0 Å². The Kier molecular flexibility index (Phi) is 2.94. The highest BCUT2D eigenvalue weighted by atomic mass is 32.1. The quantitative estimate of drug-likeness (QED) is 0.729. The van der Waals surface area contributed by atoms with Crippen molar-refractivity contribution in [2.24, 2.45) is 0 Å². The third kappa shape index (κ3) is 2.43. The topological polar surface area (TPSA) is 28.7 Å². The maximum Gasteiger partial charge on any atom is 0.148 e. The molecule has 0 atom stereocenters. The number of benzene rings is 1. The fourth-order valence-electron chi connectivity index (χ4n) is 2.27. The number of hydrogen-bond acceptors (Lipinski definition) is 2. The van der Waals surface area contributed by atoms with E-state index in [4.69, 9.17) is 0 Å². The van der Waals surface area contributed by atoms with E-state index in [1.807, 2.05) is 5.51 Å². The highest BCUT2D eigenvalue weighted by Crippen LogP contribution is 2.26. The van der Waals surface area contributed by atoms with E-state index in [2.05, 4.69) is 61.2 Å². The van der Waals surface area contributed by atoms with E-state index in [0.717, 1.165) is 12.1 Å². The number of hydrogen-bond donors (Lipinski definition) is 1. The van der Waals surface area contributed by atoms with Crippen molar-refractivity contribution in [3.8, 4) is 0 Å². The van der Waals surface area contributed by atoms with Gasteiger partial charge in [0.2, 0.25) is 0 Å². The van der Waals surface area contributed by atoms with Crippen molar-refractivity contribution in [1.29, 1.82) is 0 Å². The summed E-state index contributed by atoms with van der Waals surface area (Å²) in [5.41, 5.74) is 7.19. The summed E-state index contributed by atoms with van der Waals surface area (Å²) in [6, 6.07) is 8.96. The average Bonchev–Trinajstić information content (AvgIpc) is 2.94. The summed E-state index contributed by atoms with van der Waals surface area (Å²) in [5, 5.41) is 0. The van der Waals surface area contributed by atoms with Crippen LogP contribution in [0.2, 0.25) is 0 Å². The van der Waals surface area contributed by atoms with Crippen LogP contribution in [0.3, 0.4) is 0 Å². The number of nitrogens with zero attached hydrogens (tertiary/aromatic N) is 1. The summed E-state index contributed by atoms with van der Waals surface area (Å²) in [6.07, 6.45) is 3.04. The van der Waals surface area contributed by atoms with Crippen molar-refractivity contribution in [2.45, 2.75) is 32.6 Å². The summed E-state index contributed by atoms with van der Waals surface area (Å²) >= 11 is 1.70. The van der Waals surface area contributed by atoms with Crippen LogP contribution in [0.25, 0.3) is 10.3 Å². The molecule has 0 aliphatic carbocycles. The fourth-order valence-corrected chi connectivity index (χ4v) is 3.04. The van der Waals surface area contributed by atoms with Crippen LogP contribution in [-0.2, 0) is 11.8 Å². The maximum absolute atomic E-state index is 4.29. The predicted octanol–water partition coefficient (Wildman–Crippen LogP) is 4.51. The van der Waals surface area contributed by atoms with E-state index in [1.165, 1.54) is 21.4 Å². The number of thiazole rings is 1. The van der Waals surface area contributed by atoms with Gasteiger partial charge in [-0.25, -0.2) is 4.98 Å². The molecule has 19 heavy (non-hydrogen) atoms. The summed E-state index contributed by atoms with van der Waals surface area (Å²) < 4.78 is 1.28. The van der Waals surface area contributed by atoms with E-state index in [1.54, 1.807) is 11.3 Å². The molecule has 3 aromatic rings. The van der Waals surface area contributed by atoms with Gasteiger partial charge in [-0.2, -0.15) is 0 Å². The van der Waals surface area contributed by atoms with E-state index in [-0.39, 0.29) is 5.41 Å². The Morgan fingerprint density at radius 2 is 1.89 bits per heavy atom. The van der Waals surface area contributed by atoms with Gasteiger partial charge in [-0.1, -0.05) is 45.0 Å². The number of aromatic nitrogens is 2. The second kappa shape index (κ2) is 4.49. The first-order valence-corrected chi connectivity index (χ1v) is 7.41. The lowest BCUT2D eigenvalue weighted by molar-refractivity contribution is 0.590. The van der Waals surface area contributed by atoms with Crippen LogP contribution in [-0.4, -0.2) is 9.97 Å². The van der Waals surface area contributed by atoms with Crippen LogP contribution < -0.4 is 0 Å². The Morgan fingerprint density at radius 3 is 2.58 bits per heavy atom. The Balaban J connectivity index is 1.86. The first-order chi connectivity index (χ1) is 9.04. The number of fused-ring (bicyclic) bond motifs is 1. The zero-order chi connectivity index (χ0) is 13.5. The first-order valence-electron chi connectivity index (χ1n) is 6.53. The third-order valence-electron chi connectivity index (χ3n) is 3.46. The summed E-state index contributed by atoms with van der Waals surface area (Å²) in [7, 11) is 0. The van der Waals surface area contributed by atoms with Crippen LogP contribution in [0.1, 0.15) is 37.5 Å². The van der Waals surface area contributed by atoms with Crippen LogP contribution in [0.15, 0.2) is 36.0 Å². The normalized spacial score (nSPS) is 12.2. The average molecular weight is 270 g/mol. The molecule has 98 valence electrons. The molecule has 1 aromatic carbocycles. The number of aromatic amines is 1. The van der Waals surface area contributed by atoms with Crippen LogP contribution >= 0.6 is 11.3 Å². The molecule has 0 unspecified atom stereocenters. The molecule has 0 saturated carbocycles. The predicted molar refractivity (Wildman–Crippen MR) is 81.9 cm³/mol. The smallest absolute Gasteiger partial charge is 0.148 e. The van der Waals surface area contributed by atoms with Gasteiger partial charge < -0.3 is 4.98 Å². The summed E-state index contributed by atoms with van der Waals surface area (Å²) in [6.45, 7) is 6.74. The molecule has 0 radical (unpaired) electrons. The van der Waals surface area contributed by atoms with E-state index in [9.17, 15) is 0 Å². The van der Waals surface area contributed by atoms with Crippen LogP contribution in [0.5, 0.6) is 0 Å². The lowest BCUT2D eigenvalue weighted by Crippen LogP contribution is -2.10.